The average molecular weight is 326 g/mol. The van der Waals surface area contributed by atoms with Crippen molar-refractivity contribution in [3.8, 4) is 0 Å². The fourth-order valence-electron chi connectivity index (χ4n) is 2.42. The summed E-state index contributed by atoms with van der Waals surface area (Å²) in [6.07, 6.45) is 1.42. The lowest BCUT2D eigenvalue weighted by molar-refractivity contribution is 0.0767. The molecule has 1 aromatic heterocycles. The molecule has 1 aromatic carbocycles. The van der Waals surface area contributed by atoms with Crippen LogP contribution < -0.4 is 5.32 Å². The lowest BCUT2D eigenvalue weighted by Crippen LogP contribution is -2.31. The first-order valence-corrected chi connectivity index (χ1v) is 8.34. The van der Waals surface area contributed by atoms with Crippen LogP contribution in [0.3, 0.4) is 0 Å². The smallest absolute Gasteiger partial charge is 0.272 e. The maximum Gasteiger partial charge on any atom is 0.272 e. The van der Waals surface area contributed by atoms with Crippen molar-refractivity contribution in [1.82, 2.24) is 14.9 Å². The first kappa shape index (κ1) is 17.9. The van der Waals surface area contributed by atoms with Crippen LogP contribution in [0.5, 0.6) is 0 Å². The quantitative estimate of drug-likeness (QED) is 0.902. The van der Waals surface area contributed by atoms with Gasteiger partial charge in [-0.05, 0) is 37.0 Å². The van der Waals surface area contributed by atoms with Gasteiger partial charge in [0.2, 0.25) is 0 Å². The van der Waals surface area contributed by atoms with Gasteiger partial charge in [0.15, 0.2) is 0 Å². The number of aromatic nitrogens is 2. The molecular formula is C19H26N4O. The van der Waals surface area contributed by atoms with Crippen LogP contribution in [0.15, 0.2) is 36.7 Å². The third-order valence-corrected chi connectivity index (χ3v) is 3.96. The third-order valence-electron chi connectivity index (χ3n) is 3.96. The lowest BCUT2D eigenvalue weighted by Gasteiger charge is -2.19. The van der Waals surface area contributed by atoms with Gasteiger partial charge in [-0.2, -0.15) is 0 Å². The van der Waals surface area contributed by atoms with Gasteiger partial charge in [0.1, 0.15) is 17.8 Å². The van der Waals surface area contributed by atoms with E-state index in [9.17, 15) is 4.79 Å². The van der Waals surface area contributed by atoms with E-state index in [2.05, 4.69) is 48.2 Å². The number of carbonyl (C=O) groups excluding carboxylic acids is 1. The lowest BCUT2D eigenvalue weighted by atomic mass is 9.87. The molecule has 2 rings (SSSR count). The molecule has 128 valence electrons. The van der Waals surface area contributed by atoms with Crippen molar-refractivity contribution < 1.29 is 4.79 Å². The molecule has 0 bridgehead atoms. The number of anilines is 2. The number of rotatable bonds is 5. The number of carbonyl (C=O) groups is 1. The molecule has 5 nitrogen and oxygen atoms in total. The largest absolute Gasteiger partial charge is 0.340 e. The number of nitrogens with one attached hydrogen (secondary N) is 1. The van der Waals surface area contributed by atoms with Crippen LogP contribution >= 0.6 is 0 Å². The zero-order valence-corrected chi connectivity index (χ0v) is 15.1. The predicted molar refractivity (Wildman–Crippen MR) is 97.7 cm³/mol. The van der Waals surface area contributed by atoms with Gasteiger partial charge in [-0.1, -0.05) is 32.9 Å². The molecule has 1 amide bonds. The van der Waals surface area contributed by atoms with Gasteiger partial charge in [-0.25, -0.2) is 9.97 Å². The summed E-state index contributed by atoms with van der Waals surface area (Å²) >= 11 is 0. The van der Waals surface area contributed by atoms with Crippen molar-refractivity contribution in [1.29, 1.82) is 0 Å². The second-order valence-corrected chi connectivity index (χ2v) is 6.72. The van der Waals surface area contributed by atoms with Crippen molar-refractivity contribution in [2.24, 2.45) is 0 Å². The van der Waals surface area contributed by atoms with E-state index in [0.29, 0.717) is 24.6 Å². The molecule has 0 atom stereocenters. The number of hydrogen-bond acceptors (Lipinski definition) is 4. The van der Waals surface area contributed by atoms with Crippen molar-refractivity contribution in [3.05, 3.63) is 47.9 Å². The second kappa shape index (κ2) is 7.43. The van der Waals surface area contributed by atoms with Crippen LogP contribution in [0, 0.1) is 0 Å². The summed E-state index contributed by atoms with van der Waals surface area (Å²) in [5.41, 5.74) is 2.73. The summed E-state index contributed by atoms with van der Waals surface area (Å²) in [7, 11) is 0. The van der Waals surface area contributed by atoms with Crippen molar-refractivity contribution in [2.45, 2.75) is 40.0 Å². The fraction of sp³-hybridized carbons (Fsp3) is 0.421. The third kappa shape index (κ3) is 4.31. The molecule has 0 saturated carbocycles. The number of hydrogen-bond donors (Lipinski definition) is 1. The normalized spacial score (nSPS) is 11.2. The van der Waals surface area contributed by atoms with E-state index >= 15 is 0 Å². The van der Waals surface area contributed by atoms with Crippen LogP contribution in [-0.4, -0.2) is 33.9 Å². The van der Waals surface area contributed by atoms with Crippen molar-refractivity contribution >= 4 is 17.4 Å². The summed E-state index contributed by atoms with van der Waals surface area (Å²) in [6, 6.07) is 9.94. The van der Waals surface area contributed by atoms with Gasteiger partial charge < -0.3 is 10.2 Å². The Morgan fingerprint density at radius 3 is 2.25 bits per heavy atom. The molecule has 0 aliphatic rings. The SMILES string of the molecule is CCN(CC)C(=O)c1cc(Nc2ccc(C(C)(C)C)cc2)ncn1. The molecule has 5 heteroatoms. The summed E-state index contributed by atoms with van der Waals surface area (Å²) in [5, 5.41) is 3.23. The molecule has 0 spiro atoms. The minimum Gasteiger partial charge on any atom is -0.340 e. The predicted octanol–water partition coefficient (Wildman–Crippen LogP) is 4.00. The van der Waals surface area contributed by atoms with E-state index < -0.39 is 0 Å². The van der Waals surface area contributed by atoms with E-state index in [4.69, 9.17) is 0 Å². The van der Waals surface area contributed by atoms with E-state index in [-0.39, 0.29) is 11.3 Å². The van der Waals surface area contributed by atoms with Gasteiger partial charge in [0.25, 0.3) is 5.91 Å². The maximum absolute atomic E-state index is 12.4. The van der Waals surface area contributed by atoms with Gasteiger partial charge in [0, 0.05) is 24.8 Å². The Hall–Kier alpha value is -2.43. The molecule has 0 unspecified atom stereocenters. The van der Waals surface area contributed by atoms with Gasteiger partial charge in [-0.15, -0.1) is 0 Å². The van der Waals surface area contributed by atoms with Gasteiger partial charge in [0.05, 0.1) is 0 Å². The van der Waals surface area contributed by atoms with Crippen LogP contribution in [0.4, 0.5) is 11.5 Å². The Balaban J connectivity index is 2.16. The number of amides is 1. The Morgan fingerprint density at radius 1 is 1.08 bits per heavy atom. The second-order valence-electron chi connectivity index (χ2n) is 6.72. The Morgan fingerprint density at radius 2 is 1.71 bits per heavy atom. The number of nitrogens with zero attached hydrogens (tertiary/aromatic N) is 3. The maximum atomic E-state index is 12.4. The minimum absolute atomic E-state index is 0.0754. The average Bonchev–Trinajstić information content (AvgIpc) is 2.56. The molecule has 0 aliphatic carbocycles. The molecule has 0 fully saturated rings. The molecule has 0 radical (unpaired) electrons. The molecular weight excluding hydrogens is 300 g/mol. The molecule has 1 N–H and O–H groups in total. The topological polar surface area (TPSA) is 58.1 Å². The van der Waals surface area contributed by atoms with Crippen LogP contribution in [-0.2, 0) is 5.41 Å². The summed E-state index contributed by atoms with van der Waals surface area (Å²) < 4.78 is 0. The summed E-state index contributed by atoms with van der Waals surface area (Å²) in [6.45, 7) is 11.8. The Kier molecular flexibility index (Phi) is 5.54. The monoisotopic (exact) mass is 326 g/mol. The number of benzene rings is 1. The highest BCUT2D eigenvalue weighted by Gasteiger charge is 2.15. The van der Waals surface area contributed by atoms with Crippen molar-refractivity contribution in [2.75, 3.05) is 18.4 Å². The highest BCUT2D eigenvalue weighted by molar-refractivity contribution is 5.93. The first-order chi connectivity index (χ1) is 11.3. The van der Waals surface area contributed by atoms with E-state index in [1.165, 1.54) is 11.9 Å². The van der Waals surface area contributed by atoms with Crippen LogP contribution in [0.1, 0.15) is 50.7 Å². The molecule has 0 aliphatic heterocycles. The van der Waals surface area contributed by atoms with E-state index in [1.807, 2.05) is 26.0 Å². The van der Waals surface area contributed by atoms with E-state index in [0.717, 1.165) is 5.69 Å². The molecule has 2 aromatic rings. The highest BCUT2D eigenvalue weighted by atomic mass is 16.2. The summed E-state index contributed by atoms with van der Waals surface area (Å²) in [4.78, 5) is 22.4. The highest BCUT2D eigenvalue weighted by Crippen LogP contribution is 2.24. The first-order valence-electron chi connectivity index (χ1n) is 8.34. The Labute approximate surface area is 144 Å². The Bertz CT molecular complexity index is 685. The molecule has 0 saturated heterocycles. The molecule has 1 heterocycles. The van der Waals surface area contributed by atoms with E-state index in [1.54, 1.807) is 11.0 Å². The standard InChI is InChI=1S/C19H26N4O/c1-6-23(7-2)18(24)16-12-17(21-13-20-16)22-15-10-8-14(9-11-15)19(3,4)5/h8-13H,6-7H2,1-5H3,(H,20,21,22). The van der Waals surface area contributed by atoms with Gasteiger partial charge in [-0.3, -0.25) is 4.79 Å². The van der Waals surface area contributed by atoms with Gasteiger partial charge >= 0.3 is 0 Å². The minimum atomic E-state index is -0.0754. The van der Waals surface area contributed by atoms with Crippen LogP contribution in [0.25, 0.3) is 0 Å². The fourth-order valence-corrected chi connectivity index (χ4v) is 2.42. The molecule has 24 heavy (non-hydrogen) atoms. The zero-order valence-electron chi connectivity index (χ0n) is 15.1. The summed E-state index contributed by atoms with van der Waals surface area (Å²) in [5.74, 6) is 0.539. The van der Waals surface area contributed by atoms with Crippen LogP contribution in [0.2, 0.25) is 0 Å². The zero-order chi connectivity index (χ0) is 17.7. The van der Waals surface area contributed by atoms with Crippen molar-refractivity contribution in [3.63, 3.8) is 0 Å².